The van der Waals surface area contributed by atoms with Gasteiger partial charge < -0.3 is 24.7 Å². The smallest absolute Gasteiger partial charge is 0.293 e. The topological polar surface area (TPSA) is 123 Å². The normalized spacial score (nSPS) is 31.9. The molecule has 148 valence electrons. The molecule has 8 nitrogen and oxygen atoms in total. The lowest BCUT2D eigenvalue weighted by Gasteiger charge is -2.34. The first-order chi connectivity index (χ1) is 13.4. The Kier molecular flexibility index (Phi) is 4.54. The Balaban J connectivity index is 2.30. The van der Waals surface area contributed by atoms with Crippen LogP contribution in [0.4, 0.5) is 0 Å². The summed E-state index contributed by atoms with van der Waals surface area (Å²) < 4.78 is 22.5. The summed E-state index contributed by atoms with van der Waals surface area (Å²) in [5.74, 6) is -0.593. The van der Waals surface area contributed by atoms with Crippen LogP contribution in [0, 0.1) is 33.5 Å². The summed E-state index contributed by atoms with van der Waals surface area (Å²) in [6.07, 6.45) is 0. The van der Waals surface area contributed by atoms with E-state index in [9.17, 15) is 10.5 Å². The Hall–Kier alpha value is -2.81. The molecule has 1 heterocycles. The number of methoxy groups -OCH3 is 2. The van der Waals surface area contributed by atoms with Crippen molar-refractivity contribution in [3.05, 3.63) is 23.8 Å². The molecule has 0 bridgehead atoms. The monoisotopic (exact) mass is 384 g/mol. The van der Waals surface area contributed by atoms with E-state index in [1.807, 2.05) is 6.92 Å². The zero-order chi connectivity index (χ0) is 20.8. The highest BCUT2D eigenvalue weighted by atomic mass is 16.7. The lowest BCUT2D eigenvalue weighted by Crippen LogP contribution is -2.46. The number of rotatable bonds is 7. The number of aliphatic imine (C=N–C) groups is 1. The number of benzene rings is 1. The fourth-order valence-electron chi connectivity index (χ4n) is 4.86. The lowest BCUT2D eigenvalue weighted by atomic mass is 9.84. The molecule has 0 saturated heterocycles. The Morgan fingerprint density at radius 1 is 1.04 bits per heavy atom. The van der Waals surface area contributed by atoms with Crippen LogP contribution in [0.2, 0.25) is 0 Å². The average molecular weight is 384 g/mol. The predicted octanol–water partition coefficient (Wildman–Crippen LogP) is 2.09. The van der Waals surface area contributed by atoms with Crippen LogP contribution in [0.5, 0.6) is 11.5 Å². The van der Waals surface area contributed by atoms with E-state index >= 15 is 0 Å². The van der Waals surface area contributed by atoms with Crippen LogP contribution < -0.4 is 15.2 Å². The summed E-state index contributed by atoms with van der Waals surface area (Å²) in [5.41, 5.74) is 3.09. The van der Waals surface area contributed by atoms with E-state index in [4.69, 9.17) is 24.7 Å². The number of hydrogen-bond donors (Lipinski definition) is 1. The van der Waals surface area contributed by atoms with Gasteiger partial charge in [0.2, 0.25) is 0 Å². The molecule has 1 aliphatic heterocycles. The molecule has 3 atom stereocenters. The van der Waals surface area contributed by atoms with Gasteiger partial charge in [0.25, 0.3) is 5.91 Å². The molecule has 0 amide bonds. The second-order valence-electron chi connectivity index (χ2n) is 6.86. The quantitative estimate of drug-likeness (QED) is 0.714. The standard InChI is InChI=1S/C20H24N4O4/c1-6-27-20(28-7-2)19(12-22)17(3,18(19,11-21)16(23)24-20)13-8-9-14(25-4)15(10-13)26-5/h8-10H,6-7H2,1-5H3,(H2,23,24)/t17-,18-,19+/m0/s1. The van der Waals surface area contributed by atoms with Crippen LogP contribution in [-0.2, 0) is 14.9 Å². The van der Waals surface area contributed by atoms with Crippen LogP contribution >= 0.6 is 0 Å². The van der Waals surface area contributed by atoms with Gasteiger partial charge in [0, 0.05) is 18.6 Å². The summed E-state index contributed by atoms with van der Waals surface area (Å²) in [6.45, 7) is 5.85. The number of hydrogen-bond acceptors (Lipinski definition) is 8. The molecule has 8 heteroatoms. The van der Waals surface area contributed by atoms with Gasteiger partial charge in [-0.15, -0.1) is 0 Å². The molecule has 28 heavy (non-hydrogen) atoms. The maximum atomic E-state index is 10.3. The van der Waals surface area contributed by atoms with E-state index in [-0.39, 0.29) is 19.0 Å². The molecule has 0 unspecified atom stereocenters. The van der Waals surface area contributed by atoms with Gasteiger partial charge in [-0.05, 0) is 31.5 Å². The Morgan fingerprint density at radius 3 is 2.11 bits per heavy atom. The number of nitriles is 2. The Bertz CT molecular complexity index is 912. The van der Waals surface area contributed by atoms with Crippen molar-refractivity contribution in [1.82, 2.24) is 0 Å². The largest absolute Gasteiger partial charge is 0.493 e. The van der Waals surface area contributed by atoms with Crippen LogP contribution in [0.3, 0.4) is 0 Å². The third kappa shape index (κ3) is 1.82. The number of fused-ring (bicyclic) bond motifs is 1. The summed E-state index contributed by atoms with van der Waals surface area (Å²) in [7, 11) is 3.07. The minimum atomic E-state index is -1.66. The van der Waals surface area contributed by atoms with Crippen molar-refractivity contribution in [2.75, 3.05) is 27.4 Å². The number of amidine groups is 1. The summed E-state index contributed by atoms with van der Waals surface area (Å²) in [5, 5.41) is 20.5. The molecule has 1 aromatic carbocycles. The Morgan fingerprint density at radius 2 is 1.64 bits per heavy atom. The van der Waals surface area contributed by atoms with Gasteiger partial charge in [-0.2, -0.15) is 10.5 Å². The first kappa shape index (κ1) is 19.9. The minimum absolute atomic E-state index is 0.0377. The maximum Gasteiger partial charge on any atom is 0.293 e. The van der Waals surface area contributed by atoms with Crippen molar-refractivity contribution in [2.24, 2.45) is 21.6 Å². The average Bonchev–Trinajstić information content (AvgIpc) is 3.13. The third-order valence-electron chi connectivity index (χ3n) is 6.10. The van der Waals surface area contributed by atoms with E-state index in [0.29, 0.717) is 17.1 Å². The lowest BCUT2D eigenvalue weighted by molar-refractivity contribution is -0.257. The van der Waals surface area contributed by atoms with E-state index in [1.165, 1.54) is 7.11 Å². The first-order valence-corrected chi connectivity index (χ1v) is 9.05. The molecule has 0 spiro atoms. The molecule has 1 saturated carbocycles. The molecule has 0 radical (unpaired) electrons. The molecule has 2 aliphatic rings. The molecule has 3 rings (SSSR count). The first-order valence-electron chi connectivity index (χ1n) is 9.05. The van der Waals surface area contributed by atoms with Crippen molar-refractivity contribution < 1.29 is 18.9 Å². The minimum Gasteiger partial charge on any atom is -0.493 e. The van der Waals surface area contributed by atoms with Crippen molar-refractivity contribution in [2.45, 2.75) is 32.1 Å². The van der Waals surface area contributed by atoms with Gasteiger partial charge in [-0.3, -0.25) is 0 Å². The Labute approximate surface area is 164 Å². The van der Waals surface area contributed by atoms with Gasteiger partial charge in [0.1, 0.15) is 5.84 Å². The van der Waals surface area contributed by atoms with Gasteiger partial charge in [-0.1, -0.05) is 13.0 Å². The van der Waals surface area contributed by atoms with Crippen LogP contribution in [-0.4, -0.2) is 39.2 Å². The van der Waals surface area contributed by atoms with Crippen molar-refractivity contribution >= 4 is 5.84 Å². The molecular weight excluding hydrogens is 360 g/mol. The van der Waals surface area contributed by atoms with Gasteiger partial charge in [-0.25, -0.2) is 4.99 Å². The summed E-state index contributed by atoms with van der Waals surface area (Å²) >= 11 is 0. The van der Waals surface area contributed by atoms with Gasteiger partial charge in [0.05, 0.1) is 26.4 Å². The molecule has 2 N–H and O–H groups in total. The van der Waals surface area contributed by atoms with E-state index in [0.717, 1.165) is 0 Å². The van der Waals surface area contributed by atoms with E-state index in [1.54, 1.807) is 39.2 Å². The van der Waals surface area contributed by atoms with Crippen LogP contribution in [0.15, 0.2) is 23.2 Å². The SMILES string of the molecule is CCOC1(OCC)N=C(N)[C@@]2(C#N)[C@](C)(c3ccc(OC)c(OC)c3)[C@@]12C#N. The zero-order valence-corrected chi connectivity index (χ0v) is 16.7. The molecule has 1 fully saturated rings. The van der Waals surface area contributed by atoms with Crippen LogP contribution in [0.25, 0.3) is 0 Å². The molecule has 0 aromatic heterocycles. The van der Waals surface area contributed by atoms with Gasteiger partial charge in [0.15, 0.2) is 22.3 Å². The fraction of sp³-hybridized carbons (Fsp3) is 0.550. The number of nitrogens with two attached hydrogens (primary N) is 1. The zero-order valence-electron chi connectivity index (χ0n) is 16.7. The highest BCUT2D eigenvalue weighted by molar-refractivity contribution is 6.02. The van der Waals surface area contributed by atoms with Crippen molar-refractivity contribution in [3.63, 3.8) is 0 Å². The van der Waals surface area contributed by atoms with Crippen LogP contribution in [0.1, 0.15) is 26.3 Å². The van der Waals surface area contributed by atoms with Crippen molar-refractivity contribution in [3.8, 4) is 23.6 Å². The second-order valence-corrected chi connectivity index (χ2v) is 6.86. The molecule has 1 aliphatic carbocycles. The predicted molar refractivity (Wildman–Crippen MR) is 101 cm³/mol. The van der Waals surface area contributed by atoms with E-state index in [2.05, 4.69) is 17.1 Å². The van der Waals surface area contributed by atoms with Crippen molar-refractivity contribution in [1.29, 1.82) is 10.5 Å². The highest BCUT2D eigenvalue weighted by Gasteiger charge is 3.00. The second kappa shape index (κ2) is 6.37. The maximum absolute atomic E-state index is 10.3. The summed E-state index contributed by atoms with van der Waals surface area (Å²) in [4.78, 5) is 4.36. The molecule has 1 aromatic rings. The number of ether oxygens (including phenoxy) is 4. The highest BCUT2D eigenvalue weighted by Crippen LogP contribution is 2.85. The van der Waals surface area contributed by atoms with Gasteiger partial charge >= 0.3 is 0 Å². The third-order valence-corrected chi connectivity index (χ3v) is 6.10. The summed E-state index contributed by atoms with van der Waals surface area (Å²) in [6, 6.07) is 9.88. The number of nitrogens with zero attached hydrogens (tertiary/aromatic N) is 3. The fourth-order valence-corrected chi connectivity index (χ4v) is 4.86. The molecular formula is C20H24N4O4. The van der Waals surface area contributed by atoms with E-state index < -0.39 is 22.2 Å².